The molecule has 0 saturated heterocycles. The molecule has 61 heavy (non-hydrogen) atoms. The van der Waals surface area contributed by atoms with Gasteiger partial charge in [0.05, 0.1) is 5.69 Å². The van der Waals surface area contributed by atoms with Crippen LogP contribution in [-0.2, 0) is 0 Å². The van der Waals surface area contributed by atoms with Crippen molar-refractivity contribution in [1.29, 1.82) is 0 Å². The third kappa shape index (κ3) is 6.30. The summed E-state index contributed by atoms with van der Waals surface area (Å²) in [4.78, 5) is 7.51. The van der Waals surface area contributed by atoms with Crippen molar-refractivity contribution >= 4 is 59.8 Å². The zero-order chi connectivity index (χ0) is 40.6. The second-order valence-electron chi connectivity index (χ2n) is 15.3. The number of hydrogen-bond acceptors (Lipinski definition) is 2. The summed E-state index contributed by atoms with van der Waals surface area (Å²) in [6.45, 7) is 0. The molecule has 0 bridgehead atoms. The maximum Gasteiger partial charge on any atom is 0.159 e. The van der Waals surface area contributed by atoms with Crippen LogP contribution in [0.25, 0.3) is 55.0 Å². The van der Waals surface area contributed by atoms with Crippen LogP contribution >= 0.6 is 10.0 Å². The minimum absolute atomic E-state index is 0.854. The Morgan fingerprint density at radius 3 is 1.48 bits per heavy atom. The Morgan fingerprint density at radius 2 is 0.836 bits per heavy atom. The minimum Gasteiger partial charge on any atom is -0.454 e. The van der Waals surface area contributed by atoms with E-state index < -0.39 is 10.0 Å². The number of anilines is 3. The van der Waals surface area contributed by atoms with E-state index in [1.165, 1.54) is 47.0 Å². The van der Waals surface area contributed by atoms with Crippen LogP contribution in [0.3, 0.4) is 0 Å². The molecule has 0 aliphatic rings. The molecule has 0 spiro atoms. The molecule has 0 saturated carbocycles. The van der Waals surface area contributed by atoms with Crippen molar-refractivity contribution in [3.05, 3.63) is 249 Å². The maximum atomic E-state index is 6.76. The van der Waals surface area contributed by atoms with Gasteiger partial charge in [0, 0.05) is 41.7 Å². The minimum atomic E-state index is -1.86. The van der Waals surface area contributed by atoms with Crippen LogP contribution in [0.1, 0.15) is 0 Å². The Hall–Kier alpha value is -7.59. The molecule has 0 aliphatic heterocycles. The molecular formula is C58H41NOS. The van der Waals surface area contributed by atoms with Crippen LogP contribution in [-0.4, -0.2) is 0 Å². The first-order chi connectivity index (χ1) is 30.3. The fourth-order valence-electron chi connectivity index (χ4n) is 9.08. The lowest BCUT2D eigenvalue weighted by atomic mass is 9.91. The predicted molar refractivity (Wildman–Crippen MR) is 257 cm³/mol. The smallest absolute Gasteiger partial charge is 0.159 e. The van der Waals surface area contributed by atoms with E-state index in [2.05, 4.69) is 248 Å². The lowest BCUT2D eigenvalue weighted by Gasteiger charge is -2.42. The first-order valence-electron chi connectivity index (χ1n) is 20.7. The Kier molecular flexibility index (Phi) is 9.30. The normalized spacial score (nSPS) is 11.9. The first kappa shape index (κ1) is 36.5. The summed E-state index contributed by atoms with van der Waals surface area (Å²) < 4.78 is 6.76. The third-order valence-electron chi connectivity index (χ3n) is 11.8. The fourth-order valence-corrected chi connectivity index (χ4v) is 13.0. The molecule has 1 heterocycles. The highest BCUT2D eigenvalue weighted by atomic mass is 32.3. The van der Waals surface area contributed by atoms with Crippen molar-refractivity contribution in [2.75, 3.05) is 4.90 Å². The van der Waals surface area contributed by atoms with Crippen LogP contribution in [0.2, 0.25) is 0 Å². The van der Waals surface area contributed by atoms with E-state index in [9.17, 15) is 0 Å². The Balaban J connectivity index is 1.13. The van der Waals surface area contributed by atoms with Crippen LogP contribution in [0, 0.1) is 0 Å². The Labute approximate surface area is 357 Å². The number of furan rings is 1. The van der Waals surface area contributed by atoms with Crippen LogP contribution < -0.4 is 4.90 Å². The predicted octanol–water partition coefficient (Wildman–Crippen LogP) is 16.9. The fraction of sp³-hybridized carbons (Fsp3) is 0. The van der Waals surface area contributed by atoms with Crippen molar-refractivity contribution < 1.29 is 4.42 Å². The quantitative estimate of drug-likeness (QED) is 0.145. The molecule has 290 valence electrons. The lowest BCUT2D eigenvalue weighted by Crippen LogP contribution is -2.11. The van der Waals surface area contributed by atoms with E-state index in [0.717, 1.165) is 44.6 Å². The van der Waals surface area contributed by atoms with E-state index in [1.807, 2.05) is 6.07 Å². The number of benzene rings is 10. The van der Waals surface area contributed by atoms with Gasteiger partial charge in [-0.05, 0) is 118 Å². The summed E-state index contributed by atoms with van der Waals surface area (Å²) in [5.41, 5.74) is 9.56. The Bertz CT molecular complexity index is 3190. The monoisotopic (exact) mass is 799 g/mol. The summed E-state index contributed by atoms with van der Waals surface area (Å²) in [5, 5.41) is 4.65. The molecule has 0 N–H and O–H groups in total. The lowest BCUT2D eigenvalue weighted by molar-refractivity contribution is 0.669. The zero-order valence-electron chi connectivity index (χ0n) is 33.4. The molecule has 1 aromatic heterocycles. The van der Waals surface area contributed by atoms with Gasteiger partial charge in [0.15, 0.2) is 5.58 Å². The van der Waals surface area contributed by atoms with Gasteiger partial charge in [-0.15, -0.1) is 10.0 Å². The molecule has 2 nitrogen and oxygen atoms in total. The van der Waals surface area contributed by atoms with Crippen molar-refractivity contribution in [3.63, 3.8) is 0 Å². The molecule has 11 rings (SSSR count). The number of hydrogen-bond donors (Lipinski definition) is 0. The number of para-hydroxylation sites is 2. The van der Waals surface area contributed by atoms with Gasteiger partial charge in [0.2, 0.25) is 0 Å². The standard InChI is InChI=1S/C58H41NOS/c1-5-19-42(20-6-1)51-32-16-21-43-22-17-33-52(57(43)51)44-23-15-24-46(41-44)59(55-35-18-34-54-53-31-13-14-36-56(53)60-58(54)55)45-37-39-50(40-38-45)61(47-25-7-2-8-26-47,48-27-9-3-10-28-48)49-29-11-4-12-30-49/h1-41H. The van der Waals surface area contributed by atoms with Gasteiger partial charge in [-0.25, -0.2) is 0 Å². The highest BCUT2D eigenvalue weighted by Gasteiger charge is 2.33. The summed E-state index contributed by atoms with van der Waals surface area (Å²) in [6.07, 6.45) is 0. The third-order valence-corrected chi connectivity index (χ3v) is 15.7. The molecule has 0 fully saturated rings. The van der Waals surface area contributed by atoms with E-state index in [4.69, 9.17) is 4.42 Å². The first-order valence-corrected chi connectivity index (χ1v) is 22.4. The Morgan fingerprint density at radius 1 is 0.344 bits per heavy atom. The summed E-state index contributed by atoms with van der Waals surface area (Å²) >= 11 is 0. The van der Waals surface area contributed by atoms with Crippen LogP contribution in [0.15, 0.2) is 273 Å². The van der Waals surface area contributed by atoms with E-state index in [0.29, 0.717) is 0 Å². The number of fused-ring (bicyclic) bond motifs is 4. The number of rotatable bonds is 9. The average molecular weight is 800 g/mol. The van der Waals surface area contributed by atoms with E-state index >= 15 is 0 Å². The summed E-state index contributed by atoms with van der Waals surface area (Å²) in [5.74, 6) is 0. The highest BCUT2D eigenvalue weighted by Crippen LogP contribution is 2.73. The second kappa shape index (κ2) is 15.5. The number of nitrogens with zero attached hydrogens (tertiary/aromatic N) is 1. The van der Waals surface area contributed by atoms with Gasteiger partial charge in [0.1, 0.15) is 5.58 Å². The molecule has 0 aliphatic carbocycles. The maximum absolute atomic E-state index is 6.76. The SMILES string of the molecule is c1ccc(-c2cccc3cccc(-c4cccc(N(c5ccc(S(c6ccccc6)(c6ccccc6)c6ccccc6)cc5)c5cccc6c5oc5ccccc56)c4)c23)cc1. The molecule has 3 heteroatoms. The van der Waals surface area contributed by atoms with Crippen LogP contribution in [0.4, 0.5) is 17.1 Å². The molecule has 0 amide bonds. The average Bonchev–Trinajstić information content (AvgIpc) is 3.73. The van der Waals surface area contributed by atoms with Crippen LogP contribution in [0.5, 0.6) is 0 Å². The van der Waals surface area contributed by atoms with Crippen molar-refractivity contribution in [3.8, 4) is 22.3 Å². The zero-order valence-corrected chi connectivity index (χ0v) is 34.3. The molecule has 11 aromatic rings. The van der Waals surface area contributed by atoms with Crippen molar-refractivity contribution in [2.45, 2.75) is 19.6 Å². The van der Waals surface area contributed by atoms with Gasteiger partial charge in [-0.1, -0.05) is 164 Å². The van der Waals surface area contributed by atoms with Gasteiger partial charge < -0.3 is 9.32 Å². The van der Waals surface area contributed by atoms with Crippen molar-refractivity contribution in [2.24, 2.45) is 0 Å². The van der Waals surface area contributed by atoms with Gasteiger partial charge >= 0.3 is 0 Å². The van der Waals surface area contributed by atoms with Gasteiger partial charge in [0.25, 0.3) is 0 Å². The van der Waals surface area contributed by atoms with Crippen molar-refractivity contribution in [1.82, 2.24) is 0 Å². The molecular weight excluding hydrogens is 759 g/mol. The van der Waals surface area contributed by atoms with E-state index in [-0.39, 0.29) is 0 Å². The second-order valence-corrected chi connectivity index (χ2v) is 18.4. The van der Waals surface area contributed by atoms with E-state index in [1.54, 1.807) is 0 Å². The molecule has 0 unspecified atom stereocenters. The largest absolute Gasteiger partial charge is 0.454 e. The van der Waals surface area contributed by atoms with Gasteiger partial charge in [-0.2, -0.15) is 0 Å². The molecule has 10 aromatic carbocycles. The van der Waals surface area contributed by atoms with Gasteiger partial charge in [-0.3, -0.25) is 0 Å². The highest BCUT2D eigenvalue weighted by molar-refractivity contribution is 8.34. The topological polar surface area (TPSA) is 16.4 Å². The molecule has 0 atom stereocenters. The summed E-state index contributed by atoms with van der Waals surface area (Å²) in [7, 11) is -1.86. The summed E-state index contributed by atoms with van der Waals surface area (Å²) in [6, 6.07) is 90.1. The molecule has 0 radical (unpaired) electrons.